The Morgan fingerprint density at radius 3 is 2.29 bits per heavy atom. The maximum absolute atomic E-state index is 11.3. The van der Waals surface area contributed by atoms with E-state index in [1.807, 2.05) is 0 Å². The predicted octanol–water partition coefficient (Wildman–Crippen LogP) is -2.06. The lowest BCUT2D eigenvalue weighted by molar-refractivity contribution is -0.790. The first-order chi connectivity index (χ1) is 9.77. The van der Waals surface area contributed by atoms with Crippen LogP contribution >= 0.6 is 0 Å². The maximum Gasteiger partial charge on any atom is 0.429 e. The highest BCUT2D eigenvalue weighted by molar-refractivity contribution is 6.61. The molecule has 0 saturated heterocycles. The van der Waals surface area contributed by atoms with Gasteiger partial charge in [-0.1, -0.05) is 0 Å². The number of ketones is 1. The van der Waals surface area contributed by atoms with Crippen LogP contribution in [0.4, 0.5) is 0 Å². The fourth-order valence-electron chi connectivity index (χ4n) is 1.26. The van der Waals surface area contributed by atoms with Gasteiger partial charge in [-0.15, -0.1) is 20.2 Å². The standard InChI is InChI=1S/C8H10N4O9/c9-10-7(8(14)15)6(13)3-1-2-5(21-12(18)19)4-20-11(16)17/h5,9H,1-4H2/t5-/m1/s1. The number of carbonyl (C=O) groups is 2. The lowest BCUT2D eigenvalue weighted by Gasteiger charge is -2.12. The number of nitrogens with one attached hydrogen (secondary N) is 1. The summed E-state index contributed by atoms with van der Waals surface area (Å²) < 4.78 is 0. The molecule has 0 bridgehead atoms. The van der Waals surface area contributed by atoms with Gasteiger partial charge in [-0.2, -0.15) is 0 Å². The van der Waals surface area contributed by atoms with Gasteiger partial charge in [0.1, 0.15) is 12.7 Å². The second-order valence-corrected chi connectivity index (χ2v) is 3.53. The van der Waals surface area contributed by atoms with E-state index in [0.717, 1.165) is 0 Å². The molecule has 0 spiro atoms. The number of carboxylic acids is 1. The van der Waals surface area contributed by atoms with Crippen molar-refractivity contribution in [3.05, 3.63) is 20.2 Å². The Balaban J connectivity index is 4.38. The van der Waals surface area contributed by atoms with Crippen LogP contribution in [-0.2, 0) is 19.3 Å². The topological polar surface area (TPSA) is 200 Å². The number of nitrogens with zero attached hydrogens (tertiary/aromatic N) is 3. The summed E-state index contributed by atoms with van der Waals surface area (Å²) in [6.07, 6.45) is -1.97. The van der Waals surface area contributed by atoms with Gasteiger partial charge >= 0.3 is 5.71 Å². The molecule has 0 rings (SSSR count). The molecular weight excluding hydrogens is 296 g/mol. The molecule has 0 aliphatic rings. The quantitative estimate of drug-likeness (QED) is 0.111. The Morgan fingerprint density at radius 1 is 1.24 bits per heavy atom. The Morgan fingerprint density at radius 2 is 1.86 bits per heavy atom. The van der Waals surface area contributed by atoms with Crippen molar-refractivity contribution in [2.24, 2.45) is 0 Å². The third-order valence-electron chi connectivity index (χ3n) is 2.10. The number of Topliss-reactive ketones (excluding diaryl/α,β-unsaturated/α-hetero) is 1. The van der Waals surface area contributed by atoms with Gasteiger partial charge in [0.25, 0.3) is 16.0 Å². The molecule has 0 heterocycles. The zero-order chi connectivity index (χ0) is 16.4. The SMILES string of the molecule is N=[N+]=C(C(=O)[O-])C(=O)CCC[C@H](CO[N+](=O)[O-])O[N+](=O)[O-]. The molecule has 0 radical (unpaired) electrons. The van der Waals surface area contributed by atoms with Crippen LogP contribution in [-0.4, -0.2) is 45.1 Å². The van der Waals surface area contributed by atoms with Crippen molar-refractivity contribution in [1.29, 1.82) is 5.53 Å². The van der Waals surface area contributed by atoms with E-state index in [9.17, 15) is 34.9 Å². The van der Waals surface area contributed by atoms with Crippen LogP contribution in [0, 0.1) is 25.8 Å². The summed E-state index contributed by atoms with van der Waals surface area (Å²) in [5.41, 5.74) is 5.40. The fraction of sp³-hybridized carbons (Fsp3) is 0.625. The zero-order valence-electron chi connectivity index (χ0n) is 10.4. The number of hydrogen-bond donors (Lipinski definition) is 1. The van der Waals surface area contributed by atoms with Gasteiger partial charge in [-0.25, -0.2) is 0 Å². The van der Waals surface area contributed by atoms with E-state index in [4.69, 9.17) is 5.53 Å². The van der Waals surface area contributed by atoms with E-state index in [2.05, 4.69) is 14.5 Å². The van der Waals surface area contributed by atoms with Crippen molar-refractivity contribution < 1.29 is 39.3 Å². The highest BCUT2D eigenvalue weighted by atomic mass is 17.0. The minimum Gasteiger partial charge on any atom is -0.538 e. The molecule has 13 nitrogen and oxygen atoms in total. The molecule has 0 aliphatic carbocycles. The van der Waals surface area contributed by atoms with Gasteiger partial charge in [-0.05, 0) is 12.8 Å². The van der Waals surface area contributed by atoms with Crippen molar-refractivity contribution >= 4 is 17.5 Å². The molecule has 0 amide bonds. The normalized spacial score (nSPS) is 10.9. The highest BCUT2D eigenvalue weighted by Gasteiger charge is 2.24. The molecule has 1 N–H and O–H groups in total. The average Bonchev–Trinajstić information content (AvgIpc) is 2.35. The van der Waals surface area contributed by atoms with Crippen LogP contribution in [0.3, 0.4) is 0 Å². The average molecular weight is 306 g/mol. The minimum atomic E-state index is -1.91. The summed E-state index contributed by atoms with van der Waals surface area (Å²) >= 11 is 0. The molecule has 0 aliphatic heterocycles. The van der Waals surface area contributed by atoms with Crippen LogP contribution in [0.15, 0.2) is 0 Å². The Hall–Kier alpha value is -3.08. The van der Waals surface area contributed by atoms with E-state index in [1.54, 1.807) is 0 Å². The van der Waals surface area contributed by atoms with Crippen LogP contribution < -0.4 is 5.11 Å². The van der Waals surface area contributed by atoms with Crippen LogP contribution in [0.1, 0.15) is 19.3 Å². The number of aliphatic carboxylic acids is 1. The van der Waals surface area contributed by atoms with Gasteiger partial charge in [-0.3, -0.25) is 4.79 Å². The third-order valence-corrected chi connectivity index (χ3v) is 2.10. The second kappa shape index (κ2) is 8.92. The van der Waals surface area contributed by atoms with Crippen molar-refractivity contribution in [1.82, 2.24) is 0 Å². The summed E-state index contributed by atoms with van der Waals surface area (Å²) in [6.45, 7) is -0.720. The third kappa shape index (κ3) is 7.84. The highest BCUT2D eigenvalue weighted by Crippen LogP contribution is 2.07. The maximum atomic E-state index is 11.3. The van der Waals surface area contributed by atoms with E-state index >= 15 is 0 Å². The van der Waals surface area contributed by atoms with Crippen LogP contribution in [0.25, 0.3) is 0 Å². The fourth-order valence-corrected chi connectivity index (χ4v) is 1.26. The largest absolute Gasteiger partial charge is 0.538 e. The molecule has 116 valence electrons. The number of rotatable bonds is 11. The summed E-state index contributed by atoms with van der Waals surface area (Å²) in [4.78, 5) is 52.3. The van der Waals surface area contributed by atoms with Crippen molar-refractivity contribution in [3.8, 4) is 0 Å². The van der Waals surface area contributed by atoms with Gasteiger partial charge < -0.3 is 19.6 Å². The van der Waals surface area contributed by atoms with Crippen LogP contribution in [0.2, 0.25) is 0 Å². The molecule has 0 unspecified atom stereocenters. The first-order valence-corrected chi connectivity index (χ1v) is 5.35. The lowest BCUT2D eigenvalue weighted by Crippen LogP contribution is -2.37. The summed E-state index contributed by atoms with van der Waals surface area (Å²) in [7, 11) is 0. The van der Waals surface area contributed by atoms with E-state index in [0.29, 0.717) is 0 Å². The van der Waals surface area contributed by atoms with Gasteiger partial charge in [0.15, 0.2) is 5.97 Å². The summed E-state index contributed by atoms with van der Waals surface area (Å²) in [6, 6.07) is 0. The molecule has 0 aromatic heterocycles. The van der Waals surface area contributed by atoms with Crippen molar-refractivity contribution in [2.75, 3.05) is 6.61 Å². The van der Waals surface area contributed by atoms with Gasteiger partial charge in [0.05, 0.1) is 10.3 Å². The van der Waals surface area contributed by atoms with Gasteiger partial charge in [0.2, 0.25) is 0 Å². The monoisotopic (exact) mass is 306 g/mol. The molecule has 21 heavy (non-hydrogen) atoms. The Labute approximate surface area is 115 Å². The molecule has 13 heteroatoms. The summed E-state index contributed by atoms with van der Waals surface area (Å²) in [5, 5.41) is 28.2. The predicted molar refractivity (Wildman–Crippen MR) is 56.7 cm³/mol. The number of carboxylic acid groups (broad SMARTS) is 1. The van der Waals surface area contributed by atoms with E-state index in [1.165, 1.54) is 0 Å². The molecule has 0 saturated carbocycles. The zero-order valence-corrected chi connectivity index (χ0v) is 10.4. The Kier molecular flexibility index (Phi) is 7.62. The van der Waals surface area contributed by atoms with Gasteiger partial charge in [0, 0.05) is 6.42 Å². The summed E-state index contributed by atoms with van der Waals surface area (Å²) in [5.74, 6) is -2.91. The number of carbonyl (C=O) groups excluding carboxylic acids is 2. The minimum absolute atomic E-state index is 0.0925. The molecule has 0 aromatic rings. The number of hydrogen-bond acceptors (Lipinski definition) is 10. The van der Waals surface area contributed by atoms with Crippen LogP contribution in [0.5, 0.6) is 0 Å². The van der Waals surface area contributed by atoms with Crippen molar-refractivity contribution in [3.63, 3.8) is 0 Å². The lowest BCUT2D eigenvalue weighted by atomic mass is 10.1. The van der Waals surface area contributed by atoms with Crippen molar-refractivity contribution in [2.45, 2.75) is 25.4 Å². The molecule has 1 atom stereocenters. The van der Waals surface area contributed by atoms with E-state index < -0.39 is 46.8 Å². The smallest absolute Gasteiger partial charge is 0.429 e. The first-order valence-electron chi connectivity index (χ1n) is 5.35. The molecule has 0 aromatic carbocycles. The molecular formula is C8H10N4O9. The van der Waals surface area contributed by atoms with E-state index in [-0.39, 0.29) is 12.8 Å². The molecule has 0 fully saturated rings. The first kappa shape index (κ1) is 17.9. The second-order valence-electron chi connectivity index (χ2n) is 3.53. The Bertz CT molecular complexity index is 484.